The first-order valence-electron chi connectivity index (χ1n) is 11.9. The van der Waals surface area contributed by atoms with E-state index in [1.54, 1.807) is 0 Å². The zero-order valence-electron chi connectivity index (χ0n) is 18.8. The fraction of sp³-hybridized carbons (Fsp3) is 0.727. The number of imidazole rings is 1. The summed E-state index contributed by atoms with van der Waals surface area (Å²) in [5.41, 5.74) is 1.62. The lowest BCUT2D eigenvalue weighted by atomic mass is 9.99. The minimum atomic E-state index is 0.257. The van der Waals surface area contributed by atoms with Crippen molar-refractivity contribution in [3.05, 3.63) is 11.1 Å². The van der Waals surface area contributed by atoms with Crippen LogP contribution < -0.4 is 4.90 Å². The van der Waals surface area contributed by atoms with E-state index in [0.717, 1.165) is 101 Å². The van der Waals surface area contributed by atoms with E-state index in [9.17, 15) is 4.79 Å². The molecule has 32 heavy (non-hydrogen) atoms. The summed E-state index contributed by atoms with van der Waals surface area (Å²) in [7, 11) is 0. The topological polar surface area (TPSA) is 79.6 Å². The highest BCUT2D eigenvalue weighted by Crippen LogP contribution is 2.28. The molecule has 0 radical (unpaired) electrons. The van der Waals surface area contributed by atoms with E-state index in [1.165, 1.54) is 0 Å². The molecule has 0 aromatic carbocycles. The lowest BCUT2D eigenvalue weighted by Crippen LogP contribution is -2.49. The van der Waals surface area contributed by atoms with Gasteiger partial charge in [0.15, 0.2) is 17.0 Å². The monoisotopic (exact) mass is 461 g/mol. The summed E-state index contributed by atoms with van der Waals surface area (Å²) in [4.78, 5) is 33.1. The van der Waals surface area contributed by atoms with Gasteiger partial charge in [0.1, 0.15) is 5.82 Å². The largest absolute Gasteiger partial charge is 0.378 e. The van der Waals surface area contributed by atoms with Crippen LogP contribution in [0.1, 0.15) is 44.9 Å². The Morgan fingerprint density at radius 3 is 2.53 bits per heavy atom. The third-order valence-electron chi connectivity index (χ3n) is 6.98. The molecule has 2 aromatic heterocycles. The van der Waals surface area contributed by atoms with Gasteiger partial charge < -0.3 is 19.1 Å². The third kappa shape index (κ3) is 4.30. The second kappa shape index (κ2) is 9.49. The molecular formula is C22H32ClN7O2. The normalized spacial score (nSPS) is 21.6. The summed E-state index contributed by atoms with van der Waals surface area (Å²) in [5.74, 6) is 2.15. The smallest absolute Gasteiger partial charge is 0.226 e. The van der Waals surface area contributed by atoms with Crippen molar-refractivity contribution in [3.63, 3.8) is 0 Å². The van der Waals surface area contributed by atoms with Crippen molar-refractivity contribution in [2.24, 2.45) is 0 Å². The number of hydrogen-bond acceptors (Lipinski definition) is 7. The van der Waals surface area contributed by atoms with E-state index in [0.29, 0.717) is 25.2 Å². The van der Waals surface area contributed by atoms with Gasteiger partial charge in [-0.05, 0) is 44.2 Å². The minimum Gasteiger partial charge on any atom is -0.378 e. The summed E-state index contributed by atoms with van der Waals surface area (Å²) in [5, 5.41) is 0.257. The van der Waals surface area contributed by atoms with E-state index in [4.69, 9.17) is 21.3 Å². The number of anilines is 1. The molecule has 0 spiro atoms. The highest BCUT2D eigenvalue weighted by Gasteiger charge is 2.30. The molecule has 5 rings (SSSR count). The molecular weight excluding hydrogens is 430 g/mol. The molecule has 3 aliphatic rings. The van der Waals surface area contributed by atoms with Gasteiger partial charge in [-0.3, -0.25) is 9.69 Å². The number of hydrogen-bond donors (Lipinski definition) is 0. The van der Waals surface area contributed by atoms with Gasteiger partial charge in [0.25, 0.3) is 0 Å². The minimum absolute atomic E-state index is 0.257. The number of piperidine rings is 2. The molecule has 5 heterocycles. The number of halogens is 1. The Hall–Kier alpha value is -1.97. The molecule has 0 unspecified atom stereocenters. The number of aromatic nitrogens is 4. The zero-order valence-corrected chi connectivity index (χ0v) is 19.6. The third-order valence-corrected chi connectivity index (χ3v) is 7.15. The first-order chi connectivity index (χ1) is 15.6. The SMILES string of the molecule is CCn1c(CN2CCC(N3CCCCC3=O)CC2)nc2c(N3CCOCC3)nc(Cl)nc21. The van der Waals surface area contributed by atoms with Gasteiger partial charge in [-0.25, -0.2) is 4.98 Å². The van der Waals surface area contributed by atoms with Crippen LogP contribution >= 0.6 is 11.6 Å². The summed E-state index contributed by atoms with van der Waals surface area (Å²) in [6.07, 6.45) is 4.96. The van der Waals surface area contributed by atoms with Gasteiger partial charge in [0.05, 0.1) is 19.8 Å². The van der Waals surface area contributed by atoms with Crippen molar-refractivity contribution in [1.29, 1.82) is 0 Å². The summed E-state index contributed by atoms with van der Waals surface area (Å²) in [6.45, 7) is 9.46. The maximum absolute atomic E-state index is 12.3. The Bertz CT molecular complexity index is 967. The lowest BCUT2D eigenvalue weighted by molar-refractivity contribution is -0.136. The van der Waals surface area contributed by atoms with Crippen LogP contribution in [0.25, 0.3) is 11.2 Å². The second-order valence-corrected chi connectivity index (χ2v) is 9.25. The molecule has 0 saturated carbocycles. The first kappa shape index (κ1) is 21.9. The summed E-state index contributed by atoms with van der Waals surface area (Å²) >= 11 is 6.31. The Kier molecular flexibility index (Phi) is 6.48. The van der Waals surface area contributed by atoms with Gasteiger partial charge in [-0.2, -0.15) is 9.97 Å². The number of nitrogens with zero attached hydrogens (tertiary/aromatic N) is 7. The first-order valence-corrected chi connectivity index (χ1v) is 12.3. The van der Waals surface area contributed by atoms with Crippen molar-refractivity contribution in [3.8, 4) is 0 Å². The molecule has 10 heteroatoms. The number of likely N-dealkylation sites (tertiary alicyclic amines) is 2. The molecule has 3 fully saturated rings. The number of amides is 1. The van der Waals surface area contributed by atoms with Crippen LogP contribution in [-0.2, 0) is 22.6 Å². The molecule has 0 atom stereocenters. The molecule has 1 amide bonds. The summed E-state index contributed by atoms with van der Waals surface area (Å²) < 4.78 is 7.66. The average Bonchev–Trinajstić information content (AvgIpc) is 3.16. The highest BCUT2D eigenvalue weighted by molar-refractivity contribution is 6.28. The van der Waals surface area contributed by atoms with Crippen LogP contribution in [0.4, 0.5) is 5.82 Å². The van der Waals surface area contributed by atoms with Gasteiger partial charge in [0.2, 0.25) is 11.2 Å². The van der Waals surface area contributed by atoms with Crippen LogP contribution in [-0.4, -0.2) is 87.2 Å². The molecule has 2 aromatic rings. The Morgan fingerprint density at radius 1 is 1.03 bits per heavy atom. The van der Waals surface area contributed by atoms with E-state index < -0.39 is 0 Å². The average molecular weight is 462 g/mol. The molecule has 0 aliphatic carbocycles. The van der Waals surface area contributed by atoms with Gasteiger partial charge in [-0.15, -0.1) is 0 Å². The predicted molar refractivity (Wildman–Crippen MR) is 123 cm³/mol. The number of ether oxygens (including phenoxy) is 1. The van der Waals surface area contributed by atoms with Crippen LogP contribution in [0, 0.1) is 0 Å². The Labute approximate surface area is 193 Å². The molecule has 0 N–H and O–H groups in total. The van der Waals surface area contributed by atoms with Crippen LogP contribution in [0.2, 0.25) is 5.28 Å². The zero-order chi connectivity index (χ0) is 22.1. The Balaban J connectivity index is 1.34. The van der Waals surface area contributed by atoms with Gasteiger partial charge >= 0.3 is 0 Å². The van der Waals surface area contributed by atoms with E-state index in [1.807, 2.05) is 0 Å². The molecule has 9 nitrogen and oxygen atoms in total. The highest BCUT2D eigenvalue weighted by atomic mass is 35.5. The fourth-order valence-electron chi connectivity index (χ4n) is 5.26. The standard InChI is InChI=1S/C22H32ClN7O2/c1-2-29-17(15-27-9-6-16(7-10-27)30-8-4-3-5-18(30)31)24-19-20(25-22(23)26-21(19)29)28-11-13-32-14-12-28/h16H,2-15H2,1H3. The van der Waals surface area contributed by atoms with E-state index >= 15 is 0 Å². The van der Waals surface area contributed by atoms with Crippen molar-refractivity contribution in [1.82, 2.24) is 29.3 Å². The van der Waals surface area contributed by atoms with E-state index in [2.05, 4.69) is 36.2 Å². The molecule has 3 saturated heterocycles. The van der Waals surface area contributed by atoms with Gasteiger partial charge in [-0.1, -0.05) is 0 Å². The Morgan fingerprint density at radius 2 is 1.81 bits per heavy atom. The lowest BCUT2D eigenvalue weighted by Gasteiger charge is -2.40. The number of carbonyl (C=O) groups excluding carboxylic acids is 1. The number of aryl methyl sites for hydroxylation is 1. The number of rotatable bonds is 5. The van der Waals surface area contributed by atoms with Crippen molar-refractivity contribution < 1.29 is 9.53 Å². The quantitative estimate of drug-likeness (QED) is 0.632. The number of fused-ring (bicyclic) bond motifs is 1. The van der Waals surface area contributed by atoms with Crippen molar-refractivity contribution >= 4 is 34.5 Å². The van der Waals surface area contributed by atoms with E-state index in [-0.39, 0.29) is 5.28 Å². The van der Waals surface area contributed by atoms with Crippen LogP contribution in [0.3, 0.4) is 0 Å². The summed E-state index contributed by atoms with van der Waals surface area (Å²) in [6, 6.07) is 0.390. The maximum Gasteiger partial charge on any atom is 0.226 e. The van der Waals surface area contributed by atoms with Crippen molar-refractivity contribution in [2.75, 3.05) is 50.8 Å². The fourth-order valence-corrected chi connectivity index (χ4v) is 5.42. The number of carbonyl (C=O) groups is 1. The number of morpholine rings is 1. The van der Waals surface area contributed by atoms with Crippen molar-refractivity contribution in [2.45, 2.75) is 58.2 Å². The molecule has 174 valence electrons. The molecule has 3 aliphatic heterocycles. The van der Waals surface area contributed by atoms with Crippen LogP contribution in [0.15, 0.2) is 0 Å². The van der Waals surface area contributed by atoms with Gasteiger partial charge in [0, 0.05) is 51.7 Å². The second-order valence-electron chi connectivity index (χ2n) is 8.91. The predicted octanol–water partition coefficient (Wildman–Crippen LogP) is 2.31. The van der Waals surface area contributed by atoms with Crippen LogP contribution in [0.5, 0.6) is 0 Å². The maximum atomic E-state index is 12.3. The molecule has 0 bridgehead atoms.